The molecule has 3 aliphatic heterocycles. The molecular weight excluding hydrogens is 439 g/mol. The lowest BCUT2D eigenvalue weighted by Gasteiger charge is -2.28. The van der Waals surface area contributed by atoms with Gasteiger partial charge in [-0.05, 0) is 54.5 Å². The van der Waals surface area contributed by atoms with E-state index >= 15 is 0 Å². The molecule has 0 radical (unpaired) electrons. The number of halogens is 1. The molecule has 34 heavy (non-hydrogen) atoms. The zero-order chi connectivity index (χ0) is 23.5. The second-order valence-electron chi connectivity index (χ2n) is 9.79. The van der Waals surface area contributed by atoms with Crippen LogP contribution in [0.4, 0.5) is 4.39 Å². The first-order valence-electron chi connectivity index (χ1n) is 11.7. The van der Waals surface area contributed by atoms with Gasteiger partial charge in [0.05, 0.1) is 30.1 Å². The number of aliphatic hydroxyl groups is 1. The first kappa shape index (κ1) is 20.7. The van der Waals surface area contributed by atoms with Gasteiger partial charge < -0.3 is 19.1 Å². The molecule has 2 aromatic heterocycles. The summed E-state index contributed by atoms with van der Waals surface area (Å²) < 4.78 is 27.8. The second-order valence-corrected chi connectivity index (χ2v) is 9.79. The van der Waals surface area contributed by atoms with Crippen molar-refractivity contribution in [2.75, 3.05) is 0 Å². The molecule has 2 unspecified atom stereocenters. The van der Waals surface area contributed by atoms with Gasteiger partial charge in [0.2, 0.25) is 0 Å². The monoisotopic (exact) mass is 464 g/mol. The number of epoxide rings is 1. The Balaban J connectivity index is 1.54. The Morgan fingerprint density at radius 2 is 2.18 bits per heavy atom. The molecule has 0 saturated carbocycles. The number of hydrazine groups is 1. The number of ether oxygens (including phenoxy) is 2. The van der Waals surface area contributed by atoms with Crippen LogP contribution in [0.25, 0.3) is 22.3 Å². The molecule has 1 fully saturated rings. The zero-order valence-electron chi connectivity index (χ0n) is 18.9. The molecule has 4 aliphatic rings. The van der Waals surface area contributed by atoms with E-state index in [9.17, 15) is 14.3 Å². The van der Waals surface area contributed by atoms with Crippen molar-refractivity contribution >= 4 is 10.9 Å². The maximum atomic E-state index is 14.8. The number of nitrogens with one attached hydrogen (secondary N) is 1. The summed E-state index contributed by atoms with van der Waals surface area (Å²) in [5.41, 5.74) is 7.68. The number of rotatable bonds is 2. The predicted octanol–water partition coefficient (Wildman–Crippen LogP) is 2.18. The number of nitrogens with two attached hydrogens (primary N) is 1. The molecule has 1 saturated heterocycles. The van der Waals surface area contributed by atoms with Crippen LogP contribution in [0.15, 0.2) is 16.9 Å². The number of nitrogens with zero attached hydrogens (tertiary/aromatic N) is 2. The molecule has 4 atom stereocenters. The van der Waals surface area contributed by atoms with Crippen LogP contribution < -0.4 is 16.8 Å². The molecular formula is C25H25FN4O4. The third kappa shape index (κ3) is 2.43. The summed E-state index contributed by atoms with van der Waals surface area (Å²) in [5.74, 6) is 5.66. The molecule has 0 bridgehead atoms. The van der Waals surface area contributed by atoms with Gasteiger partial charge in [0, 0.05) is 28.6 Å². The summed E-state index contributed by atoms with van der Waals surface area (Å²) in [6, 6.07) is 3.19. The summed E-state index contributed by atoms with van der Waals surface area (Å²) in [7, 11) is 0. The molecule has 4 N–H and O–H groups in total. The van der Waals surface area contributed by atoms with E-state index in [1.807, 2.05) is 13.0 Å². The SMILES string of the molecule is CC[C@]1(O)c2cc3n(c(=O)c2COC2OC21)Cc1c-3nc2cc(F)c(C)c3c2c1[C@@H](NN)CC3. The fourth-order valence-electron chi connectivity index (χ4n) is 6.31. The minimum atomic E-state index is -1.32. The van der Waals surface area contributed by atoms with Crippen molar-refractivity contribution in [2.45, 2.75) is 70.3 Å². The molecule has 5 heterocycles. The van der Waals surface area contributed by atoms with Crippen LogP contribution in [0.2, 0.25) is 0 Å². The Morgan fingerprint density at radius 1 is 1.35 bits per heavy atom. The smallest absolute Gasteiger partial charge is 0.257 e. The van der Waals surface area contributed by atoms with E-state index in [1.165, 1.54) is 6.07 Å². The van der Waals surface area contributed by atoms with Gasteiger partial charge in [-0.15, -0.1) is 0 Å². The highest BCUT2D eigenvalue weighted by Crippen LogP contribution is 2.49. The highest BCUT2D eigenvalue weighted by Gasteiger charge is 2.58. The number of aryl methyl sites for hydroxylation is 1. The van der Waals surface area contributed by atoms with Crippen molar-refractivity contribution in [2.24, 2.45) is 5.84 Å². The summed E-state index contributed by atoms with van der Waals surface area (Å²) in [6.45, 7) is 4.09. The number of hydrogen-bond acceptors (Lipinski definition) is 7. The van der Waals surface area contributed by atoms with Gasteiger partial charge in [0.15, 0.2) is 6.29 Å². The predicted molar refractivity (Wildman–Crippen MR) is 121 cm³/mol. The Kier molecular flexibility index (Phi) is 4.08. The molecule has 9 heteroatoms. The molecule has 1 aliphatic carbocycles. The van der Waals surface area contributed by atoms with Gasteiger partial charge >= 0.3 is 0 Å². The fraction of sp³-hybridized carbons (Fsp3) is 0.440. The van der Waals surface area contributed by atoms with E-state index in [1.54, 1.807) is 11.5 Å². The van der Waals surface area contributed by atoms with Crippen LogP contribution in [-0.2, 0) is 34.6 Å². The van der Waals surface area contributed by atoms with Crippen molar-refractivity contribution in [3.8, 4) is 11.4 Å². The average Bonchev–Trinajstić information content (AvgIpc) is 3.55. The first-order valence-corrected chi connectivity index (χ1v) is 11.7. The Bertz CT molecular complexity index is 1480. The molecule has 1 aromatic carbocycles. The second kappa shape index (κ2) is 6.71. The average molecular weight is 464 g/mol. The van der Waals surface area contributed by atoms with Gasteiger partial charge in [-0.1, -0.05) is 6.92 Å². The van der Waals surface area contributed by atoms with Gasteiger partial charge in [-0.3, -0.25) is 16.1 Å². The van der Waals surface area contributed by atoms with E-state index < -0.39 is 18.0 Å². The number of benzene rings is 1. The summed E-state index contributed by atoms with van der Waals surface area (Å²) >= 11 is 0. The van der Waals surface area contributed by atoms with E-state index in [2.05, 4.69) is 5.43 Å². The van der Waals surface area contributed by atoms with Crippen molar-refractivity contribution in [3.05, 3.63) is 61.7 Å². The fourth-order valence-corrected chi connectivity index (χ4v) is 6.31. The Morgan fingerprint density at radius 3 is 2.94 bits per heavy atom. The lowest BCUT2D eigenvalue weighted by atomic mass is 9.82. The lowest BCUT2D eigenvalue weighted by molar-refractivity contribution is 0.00170. The largest absolute Gasteiger partial charge is 0.382 e. The zero-order valence-corrected chi connectivity index (χ0v) is 18.9. The van der Waals surface area contributed by atoms with Crippen molar-refractivity contribution < 1.29 is 19.0 Å². The lowest BCUT2D eigenvalue weighted by Crippen LogP contribution is -2.36. The minimum Gasteiger partial charge on any atom is -0.382 e. The molecule has 0 spiro atoms. The Hall–Kier alpha value is -2.69. The van der Waals surface area contributed by atoms with Crippen LogP contribution in [0, 0.1) is 12.7 Å². The maximum Gasteiger partial charge on any atom is 0.257 e. The summed E-state index contributed by atoms with van der Waals surface area (Å²) in [5, 5.41) is 12.5. The standard InChI is InChI=1S/C25H25FN4O4/c1-3-25(32)14-6-18-21-12(8-30(18)23(31)13(14)9-33-24-22(25)34-24)20-16(29-27)5-4-11-10(2)15(26)7-17(28-21)19(11)20/h6-7,16,22,24,29,32H,3-5,8-9,27H2,1-2H3/t16-,22?,24?,25-/m0/s1. The molecule has 3 aromatic rings. The van der Waals surface area contributed by atoms with Gasteiger partial charge in [0.25, 0.3) is 5.56 Å². The van der Waals surface area contributed by atoms with E-state index in [0.717, 1.165) is 28.5 Å². The topological polar surface area (TPSA) is 115 Å². The number of fused-ring (bicyclic) bond motifs is 6. The molecule has 8 nitrogen and oxygen atoms in total. The summed E-state index contributed by atoms with van der Waals surface area (Å²) in [6.07, 6.45) is 0.802. The molecule has 176 valence electrons. The minimum absolute atomic E-state index is 0.0814. The van der Waals surface area contributed by atoms with Crippen LogP contribution in [0.3, 0.4) is 0 Å². The van der Waals surface area contributed by atoms with Crippen LogP contribution in [0.1, 0.15) is 59.2 Å². The van der Waals surface area contributed by atoms with Crippen molar-refractivity contribution in [1.82, 2.24) is 15.0 Å². The van der Waals surface area contributed by atoms with Crippen LogP contribution >= 0.6 is 0 Å². The maximum absolute atomic E-state index is 14.8. The molecule has 7 rings (SSSR count). The quantitative estimate of drug-likeness (QED) is 0.237. The van der Waals surface area contributed by atoms with Crippen molar-refractivity contribution in [1.29, 1.82) is 0 Å². The third-order valence-electron chi connectivity index (χ3n) is 8.26. The Labute approximate surface area is 194 Å². The van der Waals surface area contributed by atoms with Gasteiger partial charge in [-0.2, -0.15) is 0 Å². The van der Waals surface area contributed by atoms with Gasteiger partial charge in [0.1, 0.15) is 17.5 Å². The van der Waals surface area contributed by atoms with Gasteiger partial charge in [-0.25, -0.2) is 9.37 Å². The van der Waals surface area contributed by atoms with E-state index in [4.69, 9.17) is 20.3 Å². The third-order valence-corrected chi connectivity index (χ3v) is 8.26. The number of pyridine rings is 2. The highest BCUT2D eigenvalue weighted by molar-refractivity contribution is 5.92. The molecule has 0 amide bonds. The van der Waals surface area contributed by atoms with E-state index in [0.29, 0.717) is 53.0 Å². The normalized spacial score (nSPS) is 28.2. The first-order chi connectivity index (χ1) is 16.4. The summed E-state index contributed by atoms with van der Waals surface area (Å²) in [4.78, 5) is 18.6. The number of hydrogen-bond donors (Lipinski definition) is 3. The van der Waals surface area contributed by atoms with Crippen molar-refractivity contribution in [3.63, 3.8) is 0 Å². The van der Waals surface area contributed by atoms with E-state index in [-0.39, 0.29) is 24.0 Å². The van der Waals surface area contributed by atoms with Crippen LogP contribution in [-0.4, -0.2) is 27.1 Å². The number of aromatic nitrogens is 2. The highest BCUT2D eigenvalue weighted by atomic mass is 19.1. The van der Waals surface area contributed by atoms with Crippen LogP contribution in [0.5, 0.6) is 0 Å².